The summed E-state index contributed by atoms with van der Waals surface area (Å²) >= 11 is 0. The van der Waals surface area contributed by atoms with Crippen LogP contribution in [0, 0.1) is 5.82 Å². The third-order valence-electron chi connectivity index (χ3n) is 3.48. The number of anilines is 2. The molecule has 1 aliphatic rings. The quantitative estimate of drug-likeness (QED) is 0.905. The number of rotatable bonds is 3. The third-order valence-corrected chi connectivity index (χ3v) is 3.48. The van der Waals surface area contributed by atoms with Gasteiger partial charge in [-0.3, -0.25) is 4.79 Å². The Labute approximate surface area is 113 Å². The van der Waals surface area contributed by atoms with Gasteiger partial charge in [-0.25, -0.2) is 4.39 Å². The van der Waals surface area contributed by atoms with Crippen LogP contribution >= 0.6 is 0 Å². The molecule has 1 aromatic carbocycles. The van der Waals surface area contributed by atoms with Gasteiger partial charge in [0.15, 0.2) is 0 Å². The van der Waals surface area contributed by atoms with Crippen LogP contribution in [0.15, 0.2) is 18.2 Å². The van der Waals surface area contributed by atoms with Crippen LogP contribution in [0.25, 0.3) is 0 Å². The molecular weight excluding hydrogens is 245 g/mol. The Bertz CT molecular complexity index is 478. The van der Waals surface area contributed by atoms with Gasteiger partial charge in [0, 0.05) is 20.1 Å². The van der Waals surface area contributed by atoms with E-state index in [-0.39, 0.29) is 11.7 Å². The molecule has 4 nitrogen and oxygen atoms in total. The van der Waals surface area contributed by atoms with Crippen LogP contribution < -0.4 is 15.5 Å². The molecule has 0 bridgehead atoms. The normalized spacial score (nSPS) is 16.2. The first kappa shape index (κ1) is 13.8. The predicted octanol–water partition coefficient (Wildman–Crippen LogP) is 1.74. The summed E-state index contributed by atoms with van der Waals surface area (Å²) in [5, 5.41) is 0. The molecule has 1 aromatic rings. The van der Waals surface area contributed by atoms with Gasteiger partial charge in [-0.15, -0.1) is 0 Å². The van der Waals surface area contributed by atoms with Crippen molar-refractivity contribution in [3.05, 3.63) is 24.0 Å². The number of likely N-dealkylation sites (N-methyl/N-ethyl adjacent to an activating group) is 1. The van der Waals surface area contributed by atoms with Gasteiger partial charge in [0.25, 0.3) is 0 Å². The van der Waals surface area contributed by atoms with Crippen LogP contribution in [0.5, 0.6) is 0 Å². The molecule has 19 heavy (non-hydrogen) atoms. The van der Waals surface area contributed by atoms with E-state index in [0.717, 1.165) is 17.8 Å². The molecule has 0 saturated carbocycles. The summed E-state index contributed by atoms with van der Waals surface area (Å²) in [4.78, 5) is 16.0. The highest BCUT2D eigenvalue weighted by Gasteiger charge is 2.28. The zero-order chi connectivity index (χ0) is 14.0. The number of benzene rings is 1. The second kappa shape index (κ2) is 5.57. The molecule has 5 heteroatoms. The Morgan fingerprint density at radius 3 is 2.84 bits per heavy atom. The number of carbonyl (C=O) groups excluding carboxylic acids is 1. The number of amides is 1. The average Bonchev–Trinajstić information content (AvgIpc) is 2.39. The first-order valence-electron chi connectivity index (χ1n) is 6.62. The maximum atomic E-state index is 13.3. The van der Waals surface area contributed by atoms with Crippen LogP contribution in [0.2, 0.25) is 0 Å². The van der Waals surface area contributed by atoms with E-state index in [9.17, 15) is 9.18 Å². The fourth-order valence-corrected chi connectivity index (χ4v) is 2.39. The smallest absolute Gasteiger partial charge is 0.244 e. The Morgan fingerprint density at radius 1 is 1.42 bits per heavy atom. The van der Waals surface area contributed by atoms with Crippen molar-refractivity contribution in [3.8, 4) is 0 Å². The van der Waals surface area contributed by atoms with E-state index in [1.807, 2.05) is 18.9 Å². The summed E-state index contributed by atoms with van der Waals surface area (Å²) < 4.78 is 13.3. The predicted molar refractivity (Wildman–Crippen MR) is 74.9 cm³/mol. The van der Waals surface area contributed by atoms with E-state index >= 15 is 0 Å². The maximum absolute atomic E-state index is 13.3. The minimum atomic E-state index is -0.480. The lowest BCUT2D eigenvalue weighted by atomic mass is 10.1. The second-order valence-electron chi connectivity index (χ2n) is 4.94. The zero-order valence-electron chi connectivity index (χ0n) is 11.4. The van der Waals surface area contributed by atoms with E-state index in [1.54, 1.807) is 11.0 Å². The summed E-state index contributed by atoms with van der Waals surface area (Å²) in [6, 6.07) is 4.01. The van der Waals surface area contributed by atoms with Crippen LogP contribution in [0.3, 0.4) is 0 Å². The highest BCUT2D eigenvalue weighted by atomic mass is 19.1. The molecule has 1 unspecified atom stereocenters. The van der Waals surface area contributed by atoms with Crippen molar-refractivity contribution < 1.29 is 9.18 Å². The highest BCUT2D eigenvalue weighted by molar-refractivity contribution is 6.00. The molecular formula is C14H20FN3O. The van der Waals surface area contributed by atoms with Crippen LogP contribution in [-0.2, 0) is 4.79 Å². The van der Waals surface area contributed by atoms with E-state index < -0.39 is 6.04 Å². The molecule has 1 amide bonds. The highest BCUT2D eigenvalue weighted by Crippen LogP contribution is 2.33. The minimum absolute atomic E-state index is 0.0807. The third kappa shape index (κ3) is 2.71. The van der Waals surface area contributed by atoms with Crippen molar-refractivity contribution in [3.63, 3.8) is 0 Å². The summed E-state index contributed by atoms with van der Waals surface area (Å²) in [5.74, 6) is -0.374. The molecule has 1 aliphatic heterocycles. The molecule has 0 radical (unpaired) electrons. The van der Waals surface area contributed by atoms with Crippen molar-refractivity contribution in [2.45, 2.75) is 25.8 Å². The number of halogens is 1. The van der Waals surface area contributed by atoms with Crippen LogP contribution in [0.4, 0.5) is 15.8 Å². The molecule has 0 aromatic heterocycles. The summed E-state index contributed by atoms with van der Waals surface area (Å²) in [7, 11) is 1.89. The fourth-order valence-electron chi connectivity index (χ4n) is 2.39. The van der Waals surface area contributed by atoms with Gasteiger partial charge in [-0.05, 0) is 24.6 Å². The van der Waals surface area contributed by atoms with Crippen molar-refractivity contribution in [1.82, 2.24) is 0 Å². The summed E-state index contributed by atoms with van der Waals surface area (Å²) in [6.45, 7) is 3.27. The van der Waals surface area contributed by atoms with E-state index in [1.165, 1.54) is 12.1 Å². The number of fused-ring (bicyclic) bond motifs is 1. The molecule has 104 valence electrons. The average molecular weight is 265 g/mol. The fraction of sp³-hybridized carbons (Fsp3) is 0.500. The van der Waals surface area contributed by atoms with Gasteiger partial charge in [0.1, 0.15) is 5.82 Å². The maximum Gasteiger partial charge on any atom is 0.244 e. The number of nitrogens with zero attached hydrogens (tertiary/aromatic N) is 2. The molecule has 0 fully saturated rings. The number of carbonyl (C=O) groups is 1. The SMILES string of the molecule is CCCC(N)C(=O)N1CCN(C)c2cc(F)ccc21. The topological polar surface area (TPSA) is 49.6 Å². The van der Waals surface area contributed by atoms with Crippen molar-refractivity contribution in [1.29, 1.82) is 0 Å². The van der Waals surface area contributed by atoms with Gasteiger partial charge in [0.2, 0.25) is 5.91 Å². The molecule has 1 heterocycles. The lowest BCUT2D eigenvalue weighted by Gasteiger charge is -2.36. The van der Waals surface area contributed by atoms with Crippen molar-refractivity contribution >= 4 is 17.3 Å². The number of hydrogen-bond donors (Lipinski definition) is 1. The van der Waals surface area contributed by atoms with E-state index in [2.05, 4.69) is 0 Å². The van der Waals surface area contributed by atoms with Crippen LogP contribution in [0.1, 0.15) is 19.8 Å². The molecule has 0 saturated heterocycles. The lowest BCUT2D eigenvalue weighted by Crippen LogP contribution is -2.49. The Hall–Kier alpha value is -1.62. The van der Waals surface area contributed by atoms with Gasteiger partial charge in [-0.1, -0.05) is 13.3 Å². The second-order valence-corrected chi connectivity index (χ2v) is 4.94. The molecule has 0 aliphatic carbocycles. The Morgan fingerprint density at radius 2 is 2.16 bits per heavy atom. The Kier molecular flexibility index (Phi) is 4.04. The lowest BCUT2D eigenvalue weighted by molar-refractivity contribution is -0.120. The first-order valence-corrected chi connectivity index (χ1v) is 6.62. The van der Waals surface area contributed by atoms with Crippen LogP contribution in [-0.4, -0.2) is 32.1 Å². The molecule has 2 N–H and O–H groups in total. The monoisotopic (exact) mass is 265 g/mol. The largest absolute Gasteiger partial charge is 0.371 e. The first-order chi connectivity index (χ1) is 9.04. The van der Waals surface area contributed by atoms with E-state index in [0.29, 0.717) is 19.5 Å². The molecule has 0 spiro atoms. The summed E-state index contributed by atoms with van der Waals surface area (Å²) in [6.07, 6.45) is 1.54. The van der Waals surface area contributed by atoms with Gasteiger partial charge < -0.3 is 15.5 Å². The van der Waals surface area contributed by atoms with Gasteiger partial charge in [-0.2, -0.15) is 0 Å². The number of nitrogens with two attached hydrogens (primary N) is 1. The zero-order valence-corrected chi connectivity index (χ0v) is 11.4. The van der Waals surface area contributed by atoms with E-state index in [4.69, 9.17) is 5.73 Å². The van der Waals surface area contributed by atoms with Crippen molar-refractivity contribution in [2.75, 3.05) is 29.9 Å². The van der Waals surface area contributed by atoms with Gasteiger partial charge in [0.05, 0.1) is 17.4 Å². The summed E-state index contributed by atoms with van der Waals surface area (Å²) in [5.41, 5.74) is 7.38. The standard InChI is InChI=1S/C14H20FN3O/c1-3-4-11(16)14(19)18-8-7-17(2)13-9-10(15)5-6-12(13)18/h5-6,9,11H,3-4,7-8,16H2,1-2H3. The molecule has 1 atom stereocenters. The van der Waals surface area contributed by atoms with Crippen molar-refractivity contribution in [2.24, 2.45) is 5.73 Å². The Balaban J connectivity index is 2.30. The molecule has 2 rings (SSSR count). The minimum Gasteiger partial charge on any atom is -0.371 e. The van der Waals surface area contributed by atoms with Gasteiger partial charge >= 0.3 is 0 Å². The number of hydrogen-bond acceptors (Lipinski definition) is 3.